The number of pyridine rings is 2. The summed E-state index contributed by atoms with van der Waals surface area (Å²) in [6, 6.07) is 14.5. The van der Waals surface area contributed by atoms with E-state index in [0.717, 1.165) is 17.5 Å². The lowest BCUT2D eigenvalue weighted by molar-refractivity contribution is -0.146. The van der Waals surface area contributed by atoms with Gasteiger partial charge in [-0.1, -0.05) is 47.5 Å². The highest BCUT2D eigenvalue weighted by atomic mass is 35.5. The van der Waals surface area contributed by atoms with Gasteiger partial charge in [0.05, 0.1) is 34.0 Å². The SMILES string of the molecule is COc1cc(-c2nccc(-c3cccc(Nc4nccc(CNCC(C)(C)C(=O)O)c4F)c3Cl)c2Cl)ccc1CNCC1CCC(=O)N1. The van der Waals surface area contributed by atoms with Crippen molar-refractivity contribution in [1.29, 1.82) is 0 Å². The molecule has 1 aliphatic rings. The molecule has 0 saturated carbocycles. The van der Waals surface area contributed by atoms with E-state index >= 15 is 4.39 Å². The first kappa shape index (κ1) is 35.0. The maximum atomic E-state index is 15.5. The maximum absolute atomic E-state index is 15.5. The van der Waals surface area contributed by atoms with E-state index in [1.807, 2.05) is 24.3 Å². The molecule has 10 nitrogen and oxygen atoms in total. The minimum absolute atomic E-state index is 0.0259. The number of rotatable bonds is 14. The van der Waals surface area contributed by atoms with E-state index in [0.29, 0.717) is 63.4 Å². The highest BCUT2D eigenvalue weighted by Crippen LogP contribution is 2.42. The third-order valence-corrected chi connectivity index (χ3v) is 9.00. The number of hydrogen-bond donors (Lipinski definition) is 5. The Morgan fingerprint density at radius 2 is 1.79 bits per heavy atom. The Bertz CT molecular complexity index is 1820. The van der Waals surface area contributed by atoms with E-state index in [-0.39, 0.29) is 30.9 Å². The van der Waals surface area contributed by atoms with Crippen molar-refractivity contribution in [2.24, 2.45) is 5.41 Å². The Morgan fingerprint density at radius 3 is 2.52 bits per heavy atom. The molecule has 1 saturated heterocycles. The summed E-state index contributed by atoms with van der Waals surface area (Å²) in [5, 5.41) is 22.4. The zero-order chi connectivity index (χ0) is 34.4. The van der Waals surface area contributed by atoms with E-state index in [2.05, 4.69) is 31.2 Å². The molecule has 2 aromatic carbocycles. The zero-order valence-electron chi connectivity index (χ0n) is 26.8. The highest BCUT2D eigenvalue weighted by Gasteiger charge is 2.27. The second-order valence-electron chi connectivity index (χ2n) is 12.2. The fourth-order valence-corrected chi connectivity index (χ4v) is 5.96. The third kappa shape index (κ3) is 8.04. The number of aliphatic carboxylic acids is 1. The number of benzene rings is 2. The lowest BCUT2D eigenvalue weighted by Crippen LogP contribution is -2.35. The first-order valence-electron chi connectivity index (χ1n) is 15.4. The second kappa shape index (κ2) is 15.3. The Kier molecular flexibility index (Phi) is 11.2. The molecule has 4 aromatic rings. The number of hydrogen-bond acceptors (Lipinski definition) is 8. The highest BCUT2D eigenvalue weighted by molar-refractivity contribution is 6.39. The number of nitrogens with one attached hydrogen (secondary N) is 4. The average Bonchev–Trinajstić information content (AvgIpc) is 3.48. The third-order valence-electron chi connectivity index (χ3n) is 8.21. The molecule has 0 aliphatic carbocycles. The van der Waals surface area contributed by atoms with Gasteiger partial charge in [0.25, 0.3) is 0 Å². The van der Waals surface area contributed by atoms with Crippen molar-refractivity contribution in [3.63, 3.8) is 0 Å². The number of amides is 1. The molecule has 1 aliphatic heterocycles. The van der Waals surface area contributed by atoms with E-state index in [1.54, 1.807) is 45.4 Å². The summed E-state index contributed by atoms with van der Waals surface area (Å²) in [6.07, 6.45) is 4.50. The second-order valence-corrected chi connectivity index (χ2v) is 13.0. The largest absolute Gasteiger partial charge is 0.496 e. The van der Waals surface area contributed by atoms with Gasteiger partial charge in [-0.2, -0.15) is 0 Å². The van der Waals surface area contributed by atoms with Crippen LogP contribution in [0.5, 0.6) is 5.75 Å². The molecule has 5 N–H and O–H groups in total. The molecule has 3 heterocycles. The van der Waals surface area contributed by atoms with Crippen LogP contribution in [0.1, 0.15) is 37.8 Å². The molecule has 0 spiro atoms. The summed E-state index contributed by atoms with van der Waals surface area (Å²) in [5.41, 5.74) is 3.21. The molecule has 2 aromatic heterocycles. The normalized spacial score (nSPS) is 14.5. The van der Waals surface area contributed by atoms with Crippen LogP contribution in [-0.2, 0) is 22.7 Å². The van der Waals surface area contributed by atoms with Gasteiger partial charge in [-0.05, 0) is 44.5 Å². The van der Waals surface area contributed by atoms with Crippen LogP contribution in [0.4, 0.5) is 15.9 Å². The minimum Gasteiger partial charge on any atom is -0.496 e. The summed E-state index contributed by atoms with van der Waals surface area (Å²) >= 11 is 13.8. The Hall–Kier alpha value is -4.29. The van der Waals surface area contributed by atoms with Gasteiger partial charge in [0.1, 0.15) is 5.75 Å². The Labute approximate surface area is 288 Å². The molecule has 0 bridgehead atoms. The van der Waals surface area contributed by atoms with Crippen LogP contribution in [0.25, 0.3) is 22.4 Å². The topological polar surface area (TPSA) is 138 Å². The van der Waals surface area contributed by atoms with Crippen LogP contribution in [0.3, 0.4) is 0 Å². The van der Waals surface area contributed by atoms with Gasteiger partial charge in [0.2, 0.25) is 5.91 Å². The van der Waals surface area contributed by atoms with Crippen LogP contribution >= 0.6 is 23.2 Å². The molecule has 0 radical (unpaired) electrons. The molecule has 1 unspecified atom stereocenters. The van der Waals surface area contributed by atoms with Gasteiger partial charge in [0.15, 0.2) is 11.6 Å². The average molecular weight is 696 g/mol. The predicted octanol–water partition coefficient (Wildman–Crippen LogP) is 6.58. The monoisotopic (exact) mass is 694 g/mol. The molecule has 5 rings (SSSR count). The molecule has 252 valence electrons. The fraction of sp³-hybridized carbons (Fsp3) is 0.314. The van der Waals surface area contributed by atoms with Gasteiger partial charge in [-0.25, -0.2) is 9.37 Å². The van der Waals surface area contributed by atoms with Crippen LogP contribution in [0.2, 0.25) is 10.0 Å². The van der Waals surface area contributed by atoms with Crippen molar-refractivity contribution < 1.29 is 23.8 Å². The number of halogens is 3. The molecule has 1 atom stereocenters. The molecule has 48 heavy (non-hydrogen) atoms. The van der Waals surface area contributed by atoms with Crippen molar-refractivity contribution in [1.82, 2.24) is 25.9 Å². The summed E-state index contributed by atoms with van der Waals surface area (Å²) in [6.45, 7) is 4.69. The number of carbonyl (C=O) groups is 2. The van der Waals surface area contributed by atoms with Gasteiger partial charge >= 0.3 is 5.97 Å². The number of nitrogens with zero attached hydrogens (tertiary/aromatic N) is 2. The van der Waals surface area contributed by atoms with E-state index < -0.39 is 17.2 Å². The molecule has 1 fully saturated rings. The van der Waals surface area contributed by atoms with Crippen molar-refractivity contribution in [2.45, 2.75) is 45.8 Å². The fourth-order valence-electron chi connectivity index (χ4n) is 5.36. The lowest BCUT2D eigenvalue weighted by atomic mass is 9.94. The minimum atomic E-state index is -1.00. The number of ether oxygens (including phenoxy) is 1. The summed E-state index contributed by atoms with van der Waals surface area (Å²) in [4.78, 5) is 31.6. The van der Waals surface area contributed by atoms with Crippen LogP contribution in [0, 0.1) is 11.2 Å². The number of carbonyl (C=O) groups excluding carboxylic acids is 1. The van der Waals surface area contributed by atoms with Crippen molar-refractivity contribution in [2.75, 3.05) is 25.5 Å². The predicted molar refractivity (Wildman–Crippen MR) is 185 cm³/mol. The molecule has 13 heteroatoms. The first-order valence-corrected chi connectivity index (χ1v) is 16.2. The standard InChI is InChI=1S/C35H37Cl2FN6O4/c1-35(2,34(46)47)19-40-17-22-11-13-42-33(31(22)38)44-26-6-4-5-24(29(26)36)25-12-14-41-32(30(25)37)20-7-8-21(27(15-20)48-3)16-39-18-23-9-10-28(45)43-23/h4-8,11-15,23,39-40H,9-10,16-19H2,1-3H3,(H,42,44)(H,43,45)(H,46,47). The number of aromatic nitrogens is 2. The van der Waals surface area contributed by atoms with Gasteiger partial charge < -0.3 is 31.1 Å². The zero-order valence-corrected chi connectivity index (χ0v) is 28.3. The van der Waals surface area contributed by atoms with Crippen LogP contribution in [-0.4, -0.2) is 53.2 Å². The number of methoxy groups -OCH3 is 1. The summed E-state index contributed by atoms with van der Waals surface area (Å²) in [5.74, 6) is -0.803. The molecular weight excluding hydrogens is 658 g/mol. The van der Waals surface area contributed by atoms with E-state index in [1.165, 1.54) is 12.3 Å². The Morgan fingerprint density at radius 1 is 1.04 bits per heavy atom. The van der Waals surface area contributed by atoms with E-state index in [9.17, 15) is 14.7 Å². The summed E-state index contributed by atoms with van der Waals surface area (Å²) in [7, 11) is 1.60. The van der Waals surface area contributed by atoms with Gasteiger partial charge in [-0.15, -0.1) is 0 Å². The number of carboxylic acids is 1. The molecule has 1 amide bonds. The van der Waals surface area contributed by atoms with Crippen molar-refractivity contribution in [3.05, 3.63) is 87.9 Å². The van der Waals surface area contributed by atoms with Gasteiger partial charge in [0, 0.05) is 78.9 Å². The van der Waals surface area contributed by atoms with Gasteiger partial charge in [-0.3, -0.25) is 14.6 Å². The number of carboxylic acid groups (broad SMARTS) is 1. The molecular formula is C35H37Cl2FN6O4. The summed E-state index contributed by atoms with van der Waals surface area (Å²) < 4.78 is 21.1. The van der Waals surface area contributed by atoms with Crippen LogP contribution < -0.4 is 26.0 Å². The Balaban J connectivity index is 1.34. The maximum Gasteiger partial charge on any atom is 0.310 e. The van der Waals surface area contributed by atoms with Crippen molar-refractivity contribution in [3.8, 4) is 28.1 Å². The lowest BCUT2D eigenvalue weighted by Gasteiger charge is -2.20. The van der Waals surface area contributed by atoms with E-state index in [4.69, 9.17) is 27.9 Å². The van der Waals surface area contributed by atoms with Crippen molar-refractivity contribution >= 4 is 46.6 Å². The number of anilines is 2. The first-order chi connectivity index (χ1) is 23.0. The quantitative estimate of drug-likeness (QED) is 0.0991. The smallest absolute Gasteiger partial charge is 0.310 e. The van der Waals surface area contributed by atoms with Crippen LogP contribution in [0.15, 0.2) is 60.9 Å².